The Hall–Kier alpha value is -4.67. The quantitative estimate of drug-likeness (QED) is 0.212. The van der Waals surface area contributed by atoms with Gasteiger partial charge in [0.2, 0.25) is 0 Å². The number of esters is 1. The van der Waals surface area contributed by atoms with E-state index in [0.717, 1.165) is 16.8 Å². The molecular weight excluding hydrogens is 515 g/mol. The van der Waals surface area contributed by atoms with Gasteiger partial charge in [-0.3, -0.25) is 4.79 Å². The summed E-state index contributed by atoms with van der Waals surface area (Å²) in [6.07, 6.45) is -3.22. The molecular formula is C28H24F3N3O5. The highest BCUT2D eigenvalue weighted by Crippen LogP contribution is 2.32. The fourth-order valence-corrected chi connectivity index (χ4v) is 3.71. The van der Waals surface area contributed by atoms with Gasteiger partial charge in [-0.05, 0) is 61.9 Å². The smallest absolute Gasteiger partial charge is 0.416 e. The highest BCUT2D eigenvalue weighted by molar-refractivity contribution is 5.83. The third kappa shape index (κ3) is 6.43. The van der Waals surface area contributed by atoms with Crippen LogP contribution in [0.1, 0.15) is 25.0 Å². The fourth-order valence-electron chi connectivity index (χ4n) is 3.71. The Balaban J connectivity index is 1.76. The monoisotopic (exact) mass is 539 g/mol. The number of aromatic nitrogens is 2. The molecule has 3 aromatic carbocycles. The van der Waals surface area contributed by atoms with Crippen molar-refractivity contribution in [3.8, 4) is 22.9 Å². The van der Waals surface area contributed by atoms with Gasteiger partial charge in [-0.25, -0.2) is 9.78 Å². The van der Waals surface area contributed by atoms with Crippen LogP contribution in [0.3, 0.4) is 0 Å². The summed E-state index contributed by atoms with van der Waals surface area (Å²) in [5.41, 5.74) is -0.538. The highest BCUT2D eigenvalue weighted by Gasteiger charge is 2.31. The molecule has 4 rings (SSSR count). The summed E-state index contributed by atoms with van der Waals surface area (Å²) < 4.78 is 57.1. The van der Waals surface area contributed by atoms with Crippen LogP contribution in [0.25, 0.3) is 22.3 Å². The van der Waals surface area contributed by atoms with Crippen molar-refractivity contribution in [2.75, 3.05) is 19.8 Å². The Morgan fingerprint density at radius 1 is 0.974 bits per heavy atom. The lowest BCUT2D eigenvalue weighted by Crippen LogP contribution is -2.20. The minimum atomic E-state index is -4.58. The van der Waals surface area contributed by atoms with Gasteiger partial charge < -0.3 is 14.2 Å². The largest absolute Gasteiger partial charge is 0.490 e. The number of hydrogen-bond donors (Lipinski definition) is 0. The van der Waals surface area contributed by atoms with Crippen LogP contribution in [0.4, 0.5) is 13.2 Å². The van der Waals surface area contributed by atoms with Gasteiger partial charge in [0, 0.05) is 5.56 Å². The zero-order valence-corrected chi connectivity index (χ0v) is 21.1. The average molecular weight is 540 g/mol. The average Bonchev–Trinajstić information content (AvgIpc) is 2.92. The summed E-state index contributed by atoms with van der Waals surface area (Å²) in [7, 11) is 0. The van der Waals surface area contributed by atoms with Crippen molar-refractivity contribution < 1.29 is 32.2 Å². The molecule has 0 atom stereocenters. The summed E-state index contributed by atoms with van der Waals surface area (Å²) in [5, 5.41) is 4.54. The number of benzene rings is 3. The van der Waals surface area contributed by atoms with Crippen LogP contribution in [0, 0.1) is 0 Å². The van der Waals surface area contributed by atoms with Gasteiger partial charge in [-0.2, -0.15) is 22.9 Å². The Kier molecular flexibility index (Phi) is 8.28. The Labute approximate surface area is 221 Å². The second kappa shape index (κ2) is 11.8. The molecule has 8 nitrogen and oxygen atoms in total. The van der Waals surface area contributed by atoms with E-state index in [0.29, 0.717) is 29.2 Å². The van der Waals surface area contributed by atoms with E-state index in [4.69, 9.17) is 14.2 Å². The van der Waals surface area contributed by atoms with Crippen LogP contribution in [-0.4, -0.2) is 41.7 Å². The summed E-state index contributed by atoms with van der Waals surface area (Å²) in [6, 6.07) is 15.8. The molecule has 0 bridgehead atoms. The molecule has 0 spiro atoms. The molecule has 0 N–H and O–H groups in total. The lowest BCUT2D eigenvalue weighted by molar-refractivity contribution is -0.145. The van der Waals surface area contributed by atoms with Crippen molar-refractivity contribution >= 4 is 23.1 Å². The first kappa shape index (κ1) is 27.4. The number of nitrogens with zero attached hydrogens (tertiary/aromatic N) is 3. The SMILES string of the molecule is CCOC(=O)COc1ccc(C=Nn2c(-c3cccc(C(F)(F)F)c3)nc3ccccc3c2=O)cc1OCC. The van der Waals surface area contributed by atoms with Gasteiger partial charge in [0.25, 0.3) is 5.56 Å². The second-order valence-electron chi connectivity index (χ2n) is 8.13. The molecule has 0 amide bonds. The van der Waals surface area contributed by atoms with Gasteiger partial charge in [0.15, 0.2) is 23.9 Å². The Bertz CT molecular complexity index is 1580. The van der Waals surface area contributed by atoms with Crippen LogP contribution < -0.4 is 15.0 Å². The van der Waals surface area contributed by atoms with E-state index < -0.39 is 23.3 Å². The minimum absolute atomic E-state index is 0.0551. The van der Waals surface area contributed by atoms with Crippen molar-refractivity contribution in [2.24, 2.45) is 5.10 Å². The standard InChI is InChI=1S/C28H24F3N3O5/c1-3-37-24-14-18(12-13-23(24)39-17-25(35)38-4-2)16-32-34-26(19-8-7-9-20(15-19)28(29,30)31)33-22-11-6-5-10-21(22)27(34)36/h5-16H,3-4,17H2,1-2H3. The molecule has 11 heteroatoms. The fraction of sp³-hybridized carbons (Fsp3) is 0.214. The molecule has 4 aromatic rings. The summed E-state index contributed by atoms with van der Waals surface area (Å²) in [4.78, 5) is 29.5. The summed E-state index contributed by atoms with van der Waals surface area (Å²) in [6.45, 7) is 3.69. The Morgan fingerprint density at radius 3 is 2.51 bits per heavy atom. The second-order valence-corrected chi connectivity index (χ2v) is 8.13. The van der Waals surface area contributed by atoms with E-state index in [2.05, 4.69) is 10.1 Å². The van der Waals surface area contributed by atoms with Gasteiger partial charge in [-0.1, -0.05) is 24.3 Å². The van der Waals surface area contributed by atoms with Gasteiger partial charge in [0.05, 0.1) is 35.9 Å². The number of ether oxygens (including phenoxy) is 3. The molecule has 0 aliphatic rings. The predicted molar refractivity (Wildman–Crippen MR) is 139 cm³/mol. The molecule has 1 aromatic heterocycles. The van der Waals surface area contributed by atoms with E-state index in [9.17, 15) is 22.8 Å². The third-order valence-electron chi connectivity index (χ3n) is 5.44. The first-order chi connectivity index (χ1) is 18.7. The molecule has 0 unspecified atom stereocenters. The number of halogens is 3. The highest BCUT2D eigenvalue weighted by atomic mass is 19.4. The maximum Gasteiger partial charge on any atom is 0.416 e. The number of fused-ring (bicyclic) bond motifs is 1. The number of para-hydroxylation sites is 1. The van der Waals surface area contributed by atoms with Crippen molar-refractivity contribution in [3.05, 3.63) is 88.2 Å². The lowest BCUT2D eigenvalue weighted by Gasteiger charge is -2.13. The molecule has 39 heavy (non-hydrogen) atoms. The number of hydrogen-bond acceptors (Lipinski definition) is 7. The van der Waals surface area contributed by atoms with Gasteiger partial charge in [-0.15, -0.1) is 0 Å². The van der Waals surface area contributed by atoms with Gasteiger partial charge >= 0.3 is 12.1 Å². The normalized spacial score (nSPS) is 11.6. The van der Waals surface area contributed by atoms with Crippen LogP contribution in [-0.2, 0) is 15.7 Å². The van der Waals surface area contributed by atoms with Crippen LogP contribution >= 0.6 is 0 Å². The molecule has 0 saturated heterocycles. The van der Waals surface area contributed by atoms with Crippen molar-refractivity contribution in [1.29, 1.82) is 0 Å². The van der Waals surface area contributed by atoms with E-state index in [1.165, 1.54) is 18.3 Å². The first-order valence-electron chi connectivity index (χ1n) is 12.0. The molecule has 202 valence electrons. The predicted octanol–water partition coefficient (Wildman–Crippen LogP) is 5.31. The topological polar surface area (TPSA) is 92.0 Å². The molecule has 0 aliphatic heterocycles. The molecule has 0 saturated carbocycles. The number of carbonyl (C=O) groups excluding carboxylic acids is 1. The number of rotatable bonds is 9. The summed E-state index contributed by atoms with van der Waals surface area (Å²) in [5.74, 6) is 0.0421. The maximum atomic E-state index is 13.4. The zero-order valence-electron chi connectivity index (χ0n) is 21.1. The third-order valence-corrected chi connectivity index (χ3v) is 5.44. The maximum absolute atomic E-state index is 13.4. The molecule has 0 fully saturated rings. The minimum Gasteiger partial charge on any atom is -0.490 e. The zero-order chi connectivity index (χ0) is 28.0. The summed E-state index contributed by atoms with van der Waals surface area (Å²) >= 11 is 0. The number of alkyl halides is 3. The van der Waals surface area contributed by atoms with E-state index in [-0.39, 0.29) is 30.0 Å². The van der Waals surface area contributed by atoms with E-state index >= 15 is 0 Å². The first-order valence-corrected chi connectivity index (χ1v) is 12.0. The molecule has 0 radical (unpaired) electrons. The van der Waals surface area contributed by atoms with Crippen molar-refractivity contribution in [3.63, 3.8) is 0 Å². The van der Waals surface area contributed by atoms with Crippen LogP contribution in [0.5, 0.6) is 11.5 Å². The molecule has 0 aliphatic carbocycles. The van der Waals surface area contributed by atoms with Crippen LogP contribution in [0.2, 0.25) is 0 Å². The van der Waals surface area contributed by atoms with E-state index in [1.54, 1.807) is 56.3 Å². The van der Waals surface area contributed by atoms with Crippen LogP contribution in [0.15, 0.2) is 76.6 Å². The number of carbonyl (C=O) groups is 1. The van der Waals surface area contributed by atoms with Gasteiger partial charge in [0.1, 0.15) is 0 Å². The van der Waals surface area contributed by atoms with Crippen molar-refractivity contribution in [2.45, 2.75) is 20.0 Å². The van der Waals surface area contributed by atoms with E-state index in [1.807, 2.05) is 0 Å². The lowest BCUT2D eigenvalue weighted by atomic mass is 10.1. The Morgan fingerprint density at radius 2 is 1.77 bits per heavy atom. The molecule has 1 heterocycles. The van der Waals surface area contributed by atoms with Crippen molar-refractivity contribution in [1.82, 2.24) is 9.66 Å².